The van der Waals surface area contributed by atoms with Gasteiger partial charge in [-0.1, -0.05) is 85.1 Å². The Kier molecular flexibility index (Phi) is 10.1. The van der Waals surface area contributed by atoms with Gasteiger partial charge in [-0.05, 0) is 49.1 Å². The summed E-state index contributed by atoms with van der Waals surface area (Å²) in [7, 11) is 1.63. The smallest absolute Gasteiger partial charge is 0.243 e. The Morgan fingerprint density at radius 1 is 0.889 bits per heavy atom. The molecule has 3 aromatic carbocycles. The fourth-order valence-corrected chi connectivity index (χ4v) is 4.47. The Hall–Kier alpha value is -3.60. The van der Waals surface area contributed by atoms with Gasteiger partial charge in [-0.25, -0.2) is 0 Å². The van der Waals surface area contributed by atoms with Crippen molar-refractivity contribution in [2.24, 2.45) is 0 Å². The summed E-state index contributed by atoms with van der Waals surface area (Å²) in [4.78, 5) is 29.1. The van der Waals surface area contributed by atoms with Gasteiger partial charge in [-0.15, -0.1) is 0 Å². The van der Waals surface area contributed by atoms with Crippen LogP contribution in [0.4, 0.5) is 0 Å². The fraction of sp³-hybridized carbons (Fsp3) is 0.355. The van der Waals surface area contributed by atoms with E-state index in [9.17, 15) is 9.59 Å². The van der Waals surface area contributed by atoms with Gasteiger partial charge >= 0.3 is 0 Å². The Bertz CT molecular complexity index is 1120. The number of rotatable bonds is 12. The molecule has 0 fully saturated rings. The number of hydrogen-bond acceptors (Lipinski definition) is 3. The molecule has 0 radical (unpaired) electrons. The van der Waals surface area contributed by atoms with E-state index < -0.39 is 6.04 Å². The molecule has 0 saturated heterocycles. The average molecular weight is 487 g/mol. The first-order valence-corrected chi connectivity index (χ1v) is 12.7. The summed E-state index contributed by atoms with van der Waals surface area (Å²) in [6, 6.07) is 23.1. The highest BCUT2D eigenvalue weighted by molar-refractivity contribution is 5.88. The summed E-state index contributed by atoms with van der Waals surface area (Å²) in [5.41, 5.74) is 5.13. The molecule has 3 aromatic rings. The highest BCUT2D eigenvalue weighted by Crippen LogP contribution is 2.20. The van der Waals surface area contributed by atoms with Crippen LogP contribution in [0.1, 0.15) is 47.6 Å². The third-order valence-electron chi connectivity index (χ3n) is 6.22. The number of benzene rings is 3. The molecule has 0 aliphatic rings. The van der Waals surface area contributed by atoms with E-state index in [1.54, 1.807) is 12.0 Å². The number of nitrogens with zero attached hydrogens (tertiary/aromatic N) is 1. The van der Waals surface area contributed by atoms with Gasteiger partial charge in [0.05, 0.1) is 13.5 Å². The number of amides is 2. The lowest BCUT2D eigenvalue weighted by molar-refractivity contribution is -0.140. The topological polar surface area (TPSA) is 58.6 Å². The summed E-state index contributed by atoms with van der Waals surface area (Å²) in [5, 5.41) is 3.07. The monoisotopic (exact) mass is 486 g/mol. The number of carbonyl (C=O) groups excluding carboxylic acids is 2. The van der Waals surface area contributed by atoms with Crippen molar-refractivity contribution < 1.29 is 14.3 Å². The summed E-state index contributed by atoms with van der Waals surface area (Å²) in [6.07, 6.45) is 2.57. The van der Waals surface area contributed by atoms with Gasteiger partial charge in [0.2, 0.25) is 11.8 Å². The van der Waals surface area contributed by atoms with Crippen LogP contribution < -0.4 is 10.1 Å². The van der Waals surface area contributed by atoms with E-state index in [1.165, 1.54) is 0 Å². The lowest BCUT2D eigenvalue weighted by atomic mass is 10.00. The van der Waals surface area contributed by atoms with Crippen molar-refractivity contribution in [1.82, 2.24) is 10.2 Å². The highest BCUT2D eigenvalue weighted by Gasteiger charge is 2.30. The van der Waals surface area contributed by atoms with E-state index in [0.717, 1.165) is 46.4 Å². The number of unbranched alkanes of at least 4 members (excludes halogenated alkanes) is 1. The maximum atomic E-state index is 13.9. The molecule has 2 amide bonds. The lowest BCUT2D eigenvalue weighted by Crippen LogP contribution is -2.51. The van der Waals surface area contributed by atoms with E-state index >= 15 is 0 Å². The zero-order chi connectivity index (χ0) is 25.9. The maximum Gasteiger partial charge on any atom is 0.243 e. The summed E-state index contributed by atoms with van der Waals surface area (Å²) < 4.78 is 5.41. The van der Waals surface area contributed by atoms with Gasteiger partial charge in [-0.2, -0.15) is 0 Å². The summed E-state index contributed by atoms with van der Waals surface area (Å²) in [6.45, 7) is 7.08. The van der Waals surface area contributed by atoms with Gasteiger partial charge in [0.15, 0.2) is 0 Å². The third kappa shape index (κ3) is 7.98. The molecule has 0 bridgehead atoms. The van der Waals surface area contributed by atoms with Gasteiger partial charge in [0, 0.05) is 19.5 Å². The van der Waals surface area contributed by atoms with Crippen LogP contribution in [0.5, 0.6) is 5.75 Å². The largest absolute Gasteiger partial charge is 0.497 e. The number of hydrogen-bond donors (Lipinski definition) is 1. The molecule has 1 atom stereocenters. The molecular formula is C31H38N2O3. The van der Waals surface area contributed by atoms with Gasteiger partial charge in [0.25, 0.3) is 0 Å². The first-order valence-electron chi connectivity index (χ1n) is 12.7. The van der Waals surface area contributed by atoms with Crippen LogP contribution in [0, 0.1) is 13.8 Å². The highest BCUT2D eigenvalue weighted by atomic mass is 16.5. The van der Waals surface area contributed by atoms with Crippen molar-refractivity contribution in [3.63, 3.8) is 0 Å². The Balaban J connectivity index is 1.97. The zero-order valence-corrected chi connectivity index (χ0v) is 21.9. The predicted octanol–water partition coefficient (Wildman–Crippen LogP) is 5.41. The molecule has 0 spiro atoms. The van der Waals surface area contributed by atoms with Crippen molar-refractivity contribution in [2.75, 3.05) is 13.7 Å². The van der Waals surface area contributed by atoms with Gasteiger partial charge in [0.1, 0.15) is 11.8 Å². The molecule has 0 aliphatic carbocycles. The Labute approximate surface area is 215 Å². The SMILES string of the molecule is CCCCNC(=O)C(Cc1ccccc1)N(Cc1cccc(OC)c1)C(=O)Cc1cc(C)cc(C)c1. The second kappa shape index (κ2) is 13.5. The van der Waals surface area contributed by atoms with Crippen molar-refractivity contribution in [2.45, 2.75) is 59.0 Å². The quantitative estimate of drug-likeness (QED) is 0.348. The molecule has 0 aliphatic heterocycles. The zero-order valence-electron chi connectivity index (χ0n) is 21.9. The van der Waals surface area contributed by atoms with Crippen LogP contribution in [0.25, 0.3) is 0 Å². The summed E-state index contributed by atoms with van der Waals surface area (Å²) in [5.74, 6) is 0.527. The van der Waals surface area contributed by atoms with Crippen LogP contribution in [-0.4, -0.2) is 36.4 Å². The van der Waals surface area contributed by atoms with Crippen molar-refractivity contribution in [1.29, 1.82) is 0 Å². The van der Waals surface area contributed by atoms with Crippen molar-refractivity contribution >= 4 is 11.8 Å². The second-order valence-corrected chi connectivity index (χ2v) is 9.40. The van der Waals surface area contributed by atoms with E-state index in [1.807, 2.05) is 80.6 Å². The third-order valence-corrected chi connectivity index (χ3v) is 6.22. The maximum absolute atomic E-state index is 13.9. The molecule has 0 aromatic heterocycles. The number of methoxy groups -OCH3 is 1. The lowest BCUT2D eigenvalue weighted by Gasteiger charge is -2.32. The minimum absolute atomic E-state index is 0.0746. The molecule has 5 nitrogen and oxygen atoms in total. The van der Waals surface area contributed by atoms with Crippen molar-refractivity contribution in [3.8, 4) is 5.75 Å². The molecule has 36 heavy (non-hydrogen) atoms. The van der Waals surface area contributed by atoms with Crippen LogP contribution in [0.3, 0.4) is 0 Å². The standard InChI is InChI=1S/C31H38N2O3/c1-5-6-15-32-31(35)29(20-25-11-8-7-9-12-25)33(22-26-13-10-14-28(19-26)36-4)30(34)21-27-17-23(2)16-24(3)18-27/h7-14,16-19,29H,5-6,15,20-22H2,1-4H3,(H,32,35). The second-order valence-electron chi connectivity index (χ2n) is 9.40. The van der Waals surface area contributed by atoms with Crippen molar-refractivity contribution in [3.05, 3.63) is 101 Å². The Morgan fingerprint density at radius 3 is 2.25 bits per heavy atom. The minimum Gasteiger partial charge on any atom is -0.497 e. The number of nitrogens with one attached hydrogen (secondary N) is 1. The molecule has 1 N–H and O–H groups in total. The predicted molar refractivity (Wildman–Crippen MR) is 145 cm³/mol. The first-order chi connectivity index (χ1) is 17.4. The molecule has 3 rings (SSSR count). The van der Waals surface area contributed by atoms with E-state index in [2.05, 4.69) is 18.3 Å². The average Bonchev–Trinajstić information content (AvgIpc) is 2.86. The number of ether oxygens (including phenoxy) is 1. The number of carbonyl (C=O) groups is 2. The van der Waals surface area contributed by atoms with Gasteiger partial charge < -0.3 is 15.0 Å². The number of aryl methyl sites for hydroxylation is 2. The van der Waals surface area contributed by atoms with Crippen LogP contribution >= 0.6 is 0 Å². The Morgan fingerprint density at radius 2 is 1.58 bits per heavy atom. The molecular weight excluding hydrogens is 448 g/mol. The molecule has 5 heteroatoms. The van der Waals surface area contributed by atoms with Gasteiger partial charge in [-0.3, -0.25) is 9.59 Å². The fourth-order valence-electron chi connectivity index (χ4n) is 4.47. The molecule has 0 heterocycles. The van der Waals surface area contributed by atoms with Crippen LogP contribution in [-0.2, 0) is 29.0 Å². The summed E-state index contributed by atoms with van der Waals surface area (Å²) >= 11 is 0. The first kappa shape index (κ1) is 27.0. The normalized spacial score (nSPS) is 11.6. The van der Waals surface area contributed by atoms with E-state index in [0.29, 0.717) is 19.5 Å². The molecule has 0 saturated carbocycles. The molecule has 190 valence electrons. The van der Waals surface area contributed by atoms with Crippen LogP contribution in [0.2, 0.25) is 0 Å². The minimum atomic E-state index is -0.631. The van der Waals surface area contributed by atoms with Crippen LogP contribution in [0.15, 0.2) is 72.8 Å². The molecule has 1 unspecified atom stereocenters. The van der Waals surface area contributed by atoms with E-state index in [-0.39, 0.29) is 18.2 Å². The van der Waals surface area contributed by atoms with E-state index in [4.69, 9.17) is 4.74 Å².